The Hall–Kier alpha value is -1.60. The number of hydrogen-bond acceptors (Lipinski definition) is 4. The SMILES string of the molecule is O=[N+]([O-])c1ccc(F)c(-c2nc(CCl)cs2)c1F. The Bertz CT molecular complexity index is 618. The highest BCUT2D eigenvalue weighted by atomic mass is 35.5. The van der Waals surface area contributed by atoms with Crippen molar-refractivity contribution in [3.05, 3.63) is 45.0 Å². The Balaban J connectivity index is 2.62. The number of halogens is 3. The average Bonchev–Trinajstić information content (AvgIpc) is 2.77. The molecule has 0 radical (unpaired) electrons. The van der Waals surface area contributed by atoms with Gasteiger partial charge in [0.2, 0.25) is 5.82 Å². The van der Waals surface area contributed by atoms with Gasteiger partial charge in [-0.2, -0.15) is 4.39 Å². The molecule has 0 saturated heterocycles. The number of hydrogen-bond donors (Lipinski definition) is 0. The second-order valence-electron chi connectivity index (χ2n) is 3.29. The van der Waals surface area contributed by atoms with Crippen molar-refractivity contribution in [2.24, 2.45) is 0 Å². The highest BCUT2D eigenvalue weighted by molar-refractivity contribution is 7.13. The highest BCUT2D eigenvalue weighted by Crippen LogP contribution is 2.33. The molecule has 4 nitrogen and oxygen atoms in total. The van der Waals surface area contributed by atoms with E-state index in [2.05, 4.69) is 4.98 Å². The standard InChI is InChI=1S/C10H5ClF2N2O2S/c11-3-5-4-18-10(14-5)8-6(12)1-2-7(9(8)13)15(16)17/h1-2,4H,3H2. The Kier molecular flexibility index (Phi) is 3.53. The fraction of sp³-hybridized carbons (Fsp3) is 0.100. The highest BCUT2D eigenvalue weighted by Gasteiger charge is 2.24. The lowest BCUT2D eigenvalue weighted by molar-refractivity contribution is -0.387. The summed E-state index contributed by atoms with van der Waals surface area (Å²) in [7, 11) is 0. The molecule has 1 heterocycles. The van der Waals surface area contributed by atoms with E-state index >= 15 is 0 Å². The van der Waals surface area contributed by atoms with Gasteiger partial charge in [-0.15, -0.1) is 22.9 Å². The molecule has 0 fully saturated rings. The zero-order chi connectivity index (χ0) is 13.3. The third kappa shape index (κ3) is 2.19. The summed E-state index contributed by atoms with van der Waals surface area (Å²) in [6.45, 7) is 0. The molecule has 0 spiro atoms. The number of benzene rings is 1. The van der Waals surface area contributed by atoms with E-state index in [-0.39, 0.29) is 10.9 Å². The minimum Gasteiger partial charge on any atom is -0.258 e. The number of thiazole rings is 1. The normalized spacial score (nSPS) is 10.6. The van der Waals surface area contributed by atoms with Crippen LogP contribution in [0.25, 0.3) is 10.6 Å². The fourth-order valence-corrected chi connectivity index (χ4v) is 2.45. The van der Waals surface area contributed by atoms with Gasteiger partial charge in [0.15, 0.2) is 0 Å². The molecule has 0 N–H and O–H groups in total. The van der Waals surface area contributed by atoms with Crippen molar-refractivity contribution in [2.75, 3.05) is 0 Å². The van der Waals surface area contributed by atoms with Crippen molar-refractivity contribution < 1.29 is 13.7 Å². The molecule has 0 aliphatic rings. The molecule has 0 amide bonds. The molecule has 1 aromatic heterocycles. The van der Waals surface area contributed by atoms with Crippen LogP contribution in [0.1, 0.15) is 5.69 Å². The summed E-state index contributed by atoms with van der Waals surface area (Å²) in [5.41, 5.74) is -0.818. The monoisotopic (exact) mass is 290 g/mol. The molecular weight excluding hydrogens is 286 g/mol. The van der Waals surface area contributed by atoms with Crippen molar-refractivity contribution in [3.8, 4) is 10.6 Å². The predicted octanol–water partition coefficient (Wildman–Crippen LogP) is 3.74. The van der Waals surface area contributed by atoms with Crippen molar-refractivity contribution in [1.82, 2.24) is 4.98 Å². The summed E-state index contributed by atoms with van der Waals surface area (Å²) in [4.78, 5) is 13.6. The molecule has 8 heteroatoms. The minimum absolute atomic E-state index is 0.0318. The maximum Gasteiger partial charge on any atom is 0.305 e. The zero-order valence-electron chi connectivity index (χ0n) is 8.69. The van der Waals surface area contributed by atoms with E-state index in [1.54, 1.807) is 5.38 Å². The molecule has 0 bridgehead atoms. The van der Waals surface area contributed by atoms with E-state index in [9.17, 15) is 18.9 Å². The predicted molar refractivity (Wildman–Crippen MR) is 63.7 cm³/mol. The topological polar surface area (TPSA) is 56.0 Å². The third-order valence-corrected chi connectivity index (χ3v) is 3.35. The van der Waals surface area contributed by atoms with Crippen molar-refractivity contribution in [3.63, 3.8) is 0 Å². The van der Waals surface area contributed by atoms with E-state index in [4.69, 9.17) is 11.6 Å². The molecule has 1 aromatic carbocycles. The third-order valence-electron chi connectivity index (χ3n) is 2.17. The quantitative estimate of drug-likeness (QED) is 0.491. The molecule has 94 valence electrons. The molecule has 0 aliphatic carbocycles. The van der Waals surface area contributed by atoms with E-state index < -0.39 is 27.8 Å². The lowest BCUT2D eigenvalue weighted by Crippen LogP contribution is -1.97. The summed E-state index contributed by atoms with van der Waals surface area (Å²) < 4.78 is 27.4. The number of nitro benzene ring substituents is 1. The Morgan fingerprint density at radius 2 is 2.17 bits per heavy atom. The van der Waals surface area contributed by atoms with Gasteiger partial charge >= 0.3 is 5.69 Å². The maximum atomic E-state index is 13.8. The largest absolute Gasteiger partial charge is 0.305 e. The van der Waals surface area contributed by atoms with Gasteiger partial charge in [-0.1, -0.05) is 0 Å². The van der Waals surface area contributed by atoms with Crippen LogP contribution in [0, 0.1) is 21.7 Å². The summed E-state index contributed by atoms with van der Waals surface area (Å²) >= 11 is 6.52. The molecular formula is C10H5ClF2N2O2S. The summed E-state index contributed by atoms with van der Waals surface area (Å²) in [5, 5.41) is 12.2. The number of nitrogens with zero attached hydrogens (tertiary/aromatic N) is 2. The van der Waals surface area contributed by atoms with Crippen molar-refractivity contribution >= 4 is 28.6 Å². The van der Waals surface area contributed by atoms with Crippen LogP contribution in [0.2, 0.25) is 0 Å². The lowest BCUT2D eigenvalue weighted by Gasteiger charge is -2.01. The van der Waals surface area contributed by atoms with Gasteiger partial charge in [0.25, 0.3) is 0 Å². The molecule has 0 aliphatic heterocycles. The number of rotatable bonds is 3. The van der Waals surface area contributed by atoms with Crippen LogP contribution in [-0.2, 0) is 5.88 Å². The second kappa shape index (κ2) is 4.95. The van der Waals surface area contributed by atoms with Crippen LogP contribution in [0.4, 0.5) is 14.5 Å². The van der Waals surface area contributed by atoms with Gasteiger partial charge in [-0.25, -0.2) is 9.37 Å². The van der Waals surface area contributed by atoms with Crippen LogP contribution in [0.5, 0.6) is 0 Å². The lowest BCUT2D eigenvalue weighted by atomic mass is 10.2. The van der Waals surface area contributed by atoms with E-state index in [0.29, 0.717) is 5.69 Å². The van der Waals surface area contributed by atoms with Crippen molar-refractivity contribution in [1.29, 1.82) is 0 Å². The van der Waals surface area contributed by atoms with E-state index in [0.717, 1.165) is 23.5 Å². The number of aromatic nitrogens is 1. The van der Waals surface area contributed by atoms with Gasteiger partial charge < -0.3 is 0 Å². The Labute approximate surface area is 109 Å². The minimum atomic E-state index is -1.23. The second-order valence-corrected chi connectivity index (χ2v) is 4.42. The van der Waals surface area contributed by atoms with Crippen molar-refractivity contribution in [2.45, 2.75) is 5.88 Å². The first-order valence-electron chi connectivity index (χ1n) is 4.67. The molecule has 0 unspecified atom stereocenters. The Morgan fingerprint density at radius 1 is 1.44 bits per heavy atom. The van der Waals surface area contributed by atoms with Crippen LogP contribution in [0.15, 0.2) is 17.5 Å². The first-order valence-corrected chi connectivity index (χ1v) is 6.09. The number of nitro groups is 1. The smallest absolute Gasteiger partial charge is 0.258 e. The van der Waals surface area contributed by atoms with Crippen LogP contribution in [0.3, 0.4) is 0 Å². The molecule has 0 atom stereocenters. The van der Waals surface area contributed by atoms with Crippen LogP contribution in [-0.4, -0.2) is 9.91 Å². The fourth-order valence-electron chi connectivity index (χ4n) is 1.36. The van der Waals surface area contributed by atoms with Gasteiger partial charge in [0.1, 0.15) is 10.8 Å². The average molecular weight is 291 g/mol. The van der Waals surface area contributed by atoms with E-state index in [1.165, 1.54) is 0 Å². The molecule has 0 saturated carbocycles. The zero-order valence-corrected chi connectivity index (χ0v) is 10.3. The Morgan fingerprint density at radius 3 is 2.72 bits per heavy atom. The summed E-state index contributed by atoms with van der Waals surface area (Å²) in [5.74, 6) is -2.02. The molecule has 2 rings (SSSR count). The van der Waals surface area contributed by atoms with Gasteiger partial charge in [-0.3, -0.25) is 10.1 Å². The summed E-state index contributed by atoms with van der Waals surface area (Å²) in [6, 6.07) is 1.63. The van der Waals surface area contributed by atoms with E-state index in [1.807, 2.05) is 0 Å². The molecule has 2 aromatic rings. The molecule has 18 heavy (non-hydrogen) atoms. The van der Waals surface area contributed by atoms with Crippen LogP contribution >= 0.6 is 22.9 Å². The van der Waals surface area contributed by atoms with Gasteiger partial charge in [0, 0.05) is 11.4 Å². The first kappa shape index (κ1) is 12.8. The maximum absolute atomic E-state index is 13.8. The van der Waals surface area contributed by atoms with Gasteiger partial charge in [0.05, 0.1) is 22.1 Å². The summed E-state index contributed by atoms with van der Waals surface area (Å²) in [6.07, 6.45) is 0. The first-order chi connectivity index (χ1) is 8.54. The van der Waals surface area contributed by atoms with Crippen LogP contribution < -0.4 is 0 Å². The van der Waals surface area contributed by atoms with Gasteiger partial charge in [-0.05, 0) is 6.07 Å². The number of alkyl halides is 1.